The van der Waals surface area contributed by atoms with Gasteiger partial charge in [-0.15, -0.1) is 0 Å². The predicted octanol–water partition coefficient (Wildman–Crippen LogP) is 4.38. The van der Waals surface area contributed by atoms with E-state index in [1.807, 2.05) is 6.07 Å². The number of halogens is 1. The summed E-state index contributed by atoms with van der Waals surface area (Å²) in [5.41, 5.74) is 5.26. The summed E-state index contributed by atoms with van der Waals surface area (Å²) in [6.45, 7) is 0. The molecule has 1 atom stereocenters. The zero-order valence-corrected chi connectivity index (χ0v) is 22.4. The number of methoxy groups -OCH3 is 2. The molecule has 0 fully saturated rings. The Kier molecular flexibility index (Phi) is 8.16. The Hall–Kier alpha value is -5.47. The number of benzene rings is 3. The quantitative estimate of drug-likeness (QED) is 0.186. The molecule has 0 aliphatic carbocycles. The summed E-state index contributed by atoms with van der Waals surface area (Å²) in [7, 11) is 2.17. The normalized spacial score (nSPS) is 14.8. The fraction of sp³-hybridized carbons (Fsp3) is 0.103. The van der Waals surface area contributed by atoms with E-state index in [1.54, 1.807) is 42.5 Å². The summed E-state index contributed by atoms with van der Waals surface area (Å²) < 4.78 is 10.0. The van der Waals surface area contributed by atoms with Crippen LogP contribution in [0.15, 0.2) is 95.5 Å². The zero-order valence-electron chi connectivity index (χ0n) is 21.7. The standard InChI is InChI=1S/C29H21ClN4O7/c1-40-28(36)24-23(16-8-4-3-5-9-16)20(15-31)27(32)33(25(24)29(37)41-2)22-13-12-17(34(38)39)14-19(22)26(35)18-10-6-7-11-21(18)30/h3-14,23H,32H2,1-2H3. The number of hydrogen-bond donors (Lipinski definition) is 1. The van der Waals surface area contributed by atoms with E-state index in [2.05, 4.69) is 0 Å². The van der Waals surface area contributed by atoms with E-state index in [-0.39, 0.29) is 38.8 Å². The smallest absolute Gasteiger partial charge is 0.355 e. The van der Waals surface area contributed by atoms with Crippen molar-refractivity contribution >= 4 is 40.7 Å². The molecule has 1 heterocycles. The topological polar surface area (TPSA) is 166 Å². The van der Waals surface area contributed by atoms with Crippen LogP contribution >= 0.6 is 11.6 Å². The minimum absolute atomic E-state index is 0.00920. The van der Waals surface area contributed by atoms with Crippen molar-refractivity contribution in [2.45, 2.75) is 5.92 Å². The van der Waals surface area contributed by atoms with Gasteiger partial charge < -0.3 is 15.2 Å². The number of ether oxygens (including phenoxy) is 2. The Morgan fingerprint density at radius 3 is 2.20 bits per heavy atom. The number of nitrogens with zero attached hydrogens (tertiary/aromatic N) is 3. The van der Waals surface area contributed by atoms with Gasteiger partial charge in [0, 0.05) is 17.7 Å². The van der Waals surface area contributed by atoms with Gasteiger partial charge in [0.25, 0.3) is 5.69 Å². The Balaban J connectivity index is 2.12. The molecule has 3 aromatic carbocycles. The van der Waals surface area contributed by atoms with Gasteiger partial charge in [0.1, 0.15) is 11.5 Å². The molecule has 0 aromatic heterocycles. The molecule has 12 heteroatoms. The van der Waals surface area contributed by atoms with E-state index >= 15 is 0 Å². The first-order valence-electron chi connectivity index (χ1n) is 11.9. The van der Waals surface area contributed by atoms with Gasteiger partial charge in [0.05, 0.1) is 58.5 Å². The second-order valence-electron chi connectivity index (χ2n) is 8.60. The van der Waals surface area contributed by atoms with Gasteiger partial charge in [-0.25, -0.2) is 9.59 Å². The fourth-order valence-electron chi connectivity index (χ4n) is 4.57. The second kappa shape index (κ2) is 11.7. The number of hydrogen-bond acceptors (Lipinski definition) is 10. The molecular formula is C29H21ClN4O7. The summed E-state index contributed by atoms with van der Waals surface area (Å²) in [6.07, 6.45) is 0. The lowest BCUT2D eigenvalue weighted by Gasteiger charge is -2.36. The largest absolute Gasteiger partial charge is 0.466 e. The van der Waals surface area contributed by atoms with E-state index < -0.39 is 39.9 Å². The van der Waals surface area contributed by atoms with Gasteiger partial charge in [-0.3, -0.25) is 19.8 Å². The molecule has 0 saturated carbocycles. The number of anilines is 1. The first-order valence-corrected chi connectivity index (χ1v) is 12.3. The number of non-ortho nitro benzene ring substituents is 1. The number of carbonyl (C=O) groups excluding carboxylic acids is 3. The Bertz CT molecular complexity index is 1690. The summed E-state index contributed by atoms with van der Waals surface area (Å²) in [6, 6.07) is 19.7. The number of rotatable bonds is 7. The SMILES string of the molecule is COC(=O)C1=C(C(=O)OC)N(c2ccc([N+](=O)[O-])cc2C(=O)c2ccccc2Cl)C(N)=C(C#N)C1c1ccccc1. The Labute approximate surface area is 238 Å². The summed E-state index contributed by atoms with van der Waals surface area (Å²) in [5.74, 6) is -4.20. The lowest BCUT2D eigenvalue weighted by Crippen LogP contribution is -2.41. The maximum atomic E-state index is 13.8. The summed E-state index contributed by atoms with van der Waals surface area (Å²) in [4.78, 5) is 52.4. The minimum Gasteiger partial charge on any atom is -0.466 e. The number of nitriles is 1. The third-order valence-electron chi connectivity index (χ3n) is 6.41. The molecule has 0 spiro atoms. The highest BCUT2D eigenvalue weighted by molar-refractivity contribution is 6.35. The molecule has 3 aromatic rings. The van der Waals surface area contributed by atoms with Gasteiger partial charge in [-0.1, -0.05) is 54.1 Å². The lowest BCUT2D eigenvalue weighted by molar-refractivity contribution is -0.384. The van der Waals surface area contributed by atoms with Gasteiger partial charge in [0.2, 0.25) is 0 Å². The highest BCUT2D eigenvalue weighted by Crippen LogP contribution is 2.44. The lowest BCUT2D eigenvalue weighted by atomic mass is 9.80. The minimum atomic E-state index is -1.14. The molecular weight excluding hydrogens is 552 g/mol. The van der Waals surface area contributed by atoms with Crippen LogP contribution in [0.4, 0.5) is 11.4 Å². The molecule has 2 N–H and O–H groups in total. The van der Waals surface area contributed by atoms with Crippen LogP contribution in [0, 0.1) is 21.4 Å². The van der Waals surface area contributed by atoms with E-state index in [0.29, 0.717) is 5.56 Å². The number of ketones is 1. The van der Waals surface area contributed by atoms with Gasteiger partial charge in [-0.2, -0.15) is 5.26 Å². The number of nitro benzene ring substituents is 1. The van der Waals surface area contributed by atoms with Gasteiger partial charge in [-0.05, 0) is 23.8 Å². The van der Waals surface area contributed by atoms with Crippen molar-refractivity contribution in [2.75, 3.05) is 19.1 Å². The third-order valence-corrected chi connectivity index (χ3v) is 6.73. The predicted molar refractivity (Wildman–Crippen MR) is 148 cm³/mol. The van der Waals surface area contributed by atoms with Crippen LogP contribution in [-0.4, -0.2) is 36.9 Å². The van der Waals surface area contributed by atoms with Crippen LogP contribution < -0.4 is 10.6 Å². The molecule has 4 rings (SSSR count). The average molecular weight is 573 g/mol. The van der Waals surface area contributed by atoms with E-state index in [0.717, 1.165) is 31.3 Å². The highest BCUT2D eigenvalue weighted by Gasteiger charge is 2.44. The fourth-order valence-corrected chi connectivity index (χ4v) is 4.79. The molecule has 0 bridgehead atoms. The van der Waals surface area contributed by atoms with Crippen molar-refractivity contribution in [3.8, 4) is 6.07 Å². The van der Waals surface area contributed by atoms with Crippen molar-refractivity contribution in [1.29, 1.82) is 5.26 Å². The van der Waals surface area contributed by atoms with Gasteiger partial charge >= 0.3 is 11.9 Å². The second-order valence-corrected chi connectivity index (χ2v) is 9.01. The molecule has 1 aliphatic rings. The Morgan fingerprint density at radius 2 is 1.61 bits per heavy atom. The molecule has 11 nitrogen and oxygen atoms in total. The summed E-state index contributed by atoms with van der Waals surface area (Å²) in [5, 5.41) is 22.0. The first-order chi connectivity index (χ1) is 19.7. The van der Waals surface area contributed by atoms with Crippen LogP contribution in [0.25, 0.3) is 0 Å². The van der Waals surface area contributed by atoms with Crippen LogP contribution in [0.5, 0.6) is 0 Å². The maximum Gasteiger partial charge on any atom is 0.355 e. The van der Waals surface area contributed by atoms with Crippen molar-refractivity contribution in [2.24, 2.45) is 5.73 Å². The third kappa shape index (κ3) is 5.11. The molecule has 0 radical (unpaired) electrons. The first kappa shape index (κ1) is 28.5. The summed E-state index contributed by atoms with van der Waals surface area (Å²) >= 11 is 6.27. The van der Waals surface area contributed by atoms with Gasteiger partial charge in [0.15, 0.2) is 5.78 Å². The van der Waals surface area contributed by atoms with E-state index in [1.165, 1.54) is 18.2 Å². The number of carbonyl (C=O) groups is 3. The van der Waals surface area contributed by atoms with Crippen molar-refractivity contribution in [1.82, 2.24) is 0 Å². The highest BCUT2D eigenvalue weighted by atomic mass is 35.5. The zero-order chi connectivity index (χ0) is 29.8. The van der Waals surface area contributed by atoms with E-state index in [9.17, 15) is 29.8 Å². The average Bonchev–Trinajstić information content (AvgIpc) is 2.99. The molecule has 1 unspecified atom stereocenters. The molecule has 0 amide bonds. The molecule has 206 valence electrons. The van der Waals surface area contributed by atoms with Crippen LogP contribution in [-0.2, 0) is 19.1 Å². The number of esters is 2. The number of nitro groups is 1. The van der Waals surface area contributed by atoms with E-state index in [4.69, 9.17) is 26.8 Å². The van der Waals surface area contributed by atoms with Crippen molar-refractivity contribution in [3.63, 3.8) is 0 Å². The molecule has 41 heavy (non-hydrogen) atoms. The number of allylic oxidation sites excluding steroid dienone is 1. The monoisotopic (exact) mass is 572 g/mol. The number of nitrogens with two attached hydrogens (primary N) is 1. The van der Waals surface area contributed by atoms with Crippen molar-refractivity contribution < 1.29 is 28.8 Å². The molecule has 1 aliphatic heterocycles. The molecule has 0 saturated heterocycles. The Morgan fingerprint density at radius 1 is 0.976 bits per heavy atom. The van der Waals surface area contributed by atoms with Crippen molar-refractivity contribution in [3.05, 3.63) is 127 Å². The van der Waals surface area contributed by atoms with Crippen LogP contribution in [0.1, 0.15) is 27.4 Å². The van der Waals surface area contributed by atoms with Crippen LogP contribution in [0.3, 0.4) is 0 Å². The van der Waals surface area contributed by atoms with Crippen LogP contribution in [0.2, 0.25) is 5.02 Å². The maximum absolute atomic E-state index is 13.8.